The highest BCUT2D eigenvalue weighted by Gasteiger charge is 2.40. The summed E-state index contributed by atoms with van der Waals surface area (Å²) in [5, 5.41) is 3.64. The van der Waals surface area contributed by atoms with Gasteiger partial charge in [0, 0.05) is 7.11 Å². The molecular formula is C16H25NO. The minimum atomic E-state index is -0.0182. The molecule has 0 heterocycles. The van der Waals surface area contributed by atoms with Crippen molar-refractivity contribution in [3.63, 3.8) is 0 Å². The smallest absolute Gasteiger partial charge is 0.0872 e. The van der Waals surface area contributed by atoms with Gasteiger partial charge in [0.25, 0.3) is 0 Å². The van der Waals surface area contributed by atoms with Crippen LogP contribution in [-0.2, 0) is 4.74 Å². The zero-order valence-corrected chi connectivity index (χ0v) is 11.6. The van der Waals surface area contributed by atoms with Crippen molar-refractivity contribution >= 4 is 0 Å². The van der Waals surface area contributed by atoms with Crippen LogP contribution in [0.25, 0.3) is 0 Å². The quantitative estimate of drug-likeness (QED) is 0.857. The molecule has 1 aliphatic carbocycles. The maximum Gasteiger partial charge on any atom is 0.0872 e. The molecule has 1 aromatic rings. The zero-order valence-electron chi connectivity index (χ0n) is 11.6. The lowest BCUT2D eigenvalue weighted by molar-refractivity contribution is -0.0684. The molecule has 1 atom stereocenters. The van der Waals surface area contributed by atoms with E-state index in [1.165, 1.54) is 24.8 Å². The largest absolute Gasteiger partial charge is 0.376 e. The Labute approximate surface area is 111 Å². The van der Waals surface area contributed by atoms with Gasteiger partial charge in [-0.05, 0) is 24.9 Å². The maximum absolute atomic E-state index is 5.99. The summed E-state index contributed by atoms with van der Waals surface area (Å²) in [6.45, 7) is 3.15. The van der Waals surface area contributed by atoms with Crippen molar-refractivity contribution in [3.05, 3.63) is 35.9 Å². The molecule has 0 bridgehead atoms. The summed E-state index contributed by atoms with van der Waals surface area (Å²) >= 11 is 0. The number of ether oxygens (including phenoxy) is 1. The van der Waals surface area contributed by atoms with E-state index in [0.29, 0.717) is 6.04 Å². The summed E-state index contributed by atoms with van der Waals surface area (Å²) in [6, 6.07) is 11.0. The van der Waals surface area contributed by atoms with Crippen molar-refractivity contribution in [3.8, 4) is 0 Å². The van der Waals surface area contributed by atoms with E-state index in [9.17, 15) is 0 Å². The first-order valence-corrected chi connectivity index (χ1v) is 7.16. The first-order valence-electron chi connectivity index (χ1n) is 7.16. The number of nitrogens with one attached hydrogen (secondary N) is 1. The first-order chi connectivity index (χ1) is 8.82. The van der Waals surface area contributed by atoms with Crippen LogP contribution in [0.1, 0.15) is 50.6 Å². The Kier molecular flexibility index (Phi) is 4.79. The van der Waals surface area contributed by atoms with Crippen LogP contribution >= 0.6 is 0 Å². The predicted molar refractivity (Wildman–Crippen MR) is 75.7 cm³/mol. The summed E-state index contributed by atoms with van der Waals surface area (Å²) in [5.74, 6) is 0. The van der Waals surface area contributed by atoms with Crippen LogP contribution in [0, 0.1) is 0 Å². The fourth-order valence-electron chi connectivity index (χ4n) is 3.22. The monoisotopic (exact) mass is 247 g/mol. The fourth-order valence-corrected chi connectivity index (χ4v) is 3.22. The van der Waals surface area contributed by atoms with Crippen molar-refractivity contribution in [1.82, 2.24) is 5.32 Å². The van der Waals surface area contributed by atoms with Crippen molar-refractivity contribution in [2.45, 2.75) is 50.7 Å². The molecule has 1 unspecified atom stereocenters. The molecule has 0 amide bonds. The molecule has 2 heteroatoms. The molecule has 1 saturated carbocycles. The molecule has 1 aromatic carbocycles. The Bertz CT molecular complexity index is 343. The Morgan fingerprint density at radius 3 is 2.39 bits per heavy atom. The number of likely N-dealkylation sites (N-methyl/N-ethyl adjacent to an activating group) is 1. The third-order valence-electron chi connectivity index (χ3n) is 4.17. The van der Waals surface area contributed by atoms with Gasteiger partial charge < -0.3 is 10.1 Å². The van der Waals surface area contributed by atoms with E-state index in [2.05, 4.69) is 42.6 Å². The predicted octanol–water partition coefficient (Wildman–Crippen LogP) is 3.69. The number of benzene rings is 1. The van der Waals surface area contributed by atoms with Crippen LogP contribution in [-0.4, -0.2) is 19.3 Å². The fraction of sp³-hybridized carbons (Fsp3) is 0.625. The molecule has 2 nitrogen and oxygen atoms in total. The van der Waals surface area contributed by atoms with Gasteiger partial charge in [0.15, 0.2) is 0 Å². The first kappa shape index (κ1) is 13.6. The summed E-state index contributed by atoms with van der Waals surface area (Å²) in [6.07, 6.45) is 6.23. The molecule has 1 fully saturated rings. The van der Waals surface area contributed by atoms with E-state index in [1.807, 2.05) is 7.11 Å². The van der Waals surface area contributed by atoms with Crippen molar-refractivity contribution in [2.24, 2.45) is 0 Å². The van der Waals surface area contributed by atoms with E-state index >= 15 is 0 Å². The van der Waals surface area contributed by atoms with Crippen LogP contribution in [0.2, 0.25) is 0 Å². The Balaban J connectivity index is 2.27. The molecule has 0 saturated heterocycles. The molecule has 0 aliphatic heterocycles. The van der Waals surface area contributed by atoms with Gasteiger partial charge in [-0.2, -0.15) is 0 Å². The van der Waals surface area contributed by atoms with Crippen molar-refractivity contribution in [1.29, 1.82) is 0 Å². The number of methoxy groups -OCH3 is 1. The van der Waals surface area contributed by atoms with E-state index in [1.54, 1.807) is 0 Å². The van der Waals surface area contributed by atoms with E-state index < -0.39 is 0 Å². The molecule has 0 spiro atoms. The lowest BCUT2D eigenvalue weighted by atomic mass is 9.76. The summed E-state index contributed by atoms with van der Waals surface area (Å²) in [4.78, 5) is 0. The van der Waals surface area contributed by atoms with E-state index in [4.69, 9.17) is 4.74 Å². The normalized spacial score (nSPS) is 20.6. The molecule has 100 valence electrons. The average molecular weight is 247 g/mol. The highest BCUT2D eigenvalue weighted by Crippen LogP contribution is 2.40. The van der Waals surface area contributed by atoms with E-state index in [-0.39, 0.29) is 5.60 Å². The minimum absolute atomic E-state index is 0.0182. The van der Waals surface area contributed by atoms with Gasteiger partial charge in [0.05, 0.1) is 11.6 Å². The molecule has 0 aromatic heterocycles. The van der Waals surface area contributed by atoms with Gasteiger partial charge in [0.1, 0.15) is 0 Å². The Morgan fingerprint density at radius 2 is 1.83 bits per heavy atom. The van der Waals surface area contributed by atoms with Crippen LogP contribution in [0.15, 0.2) is 30.3 Å². The molecular weight excluding hydrogens is 222 g/mol. The Morgan fingerprint density at radius 1 is 1.17 bits per heavy atom. The topological polar surface area (TPSA) is 21.3 Å². The number of hydrogen-bond donors (Lipinski definition) is 1. The maximum atomic E-state index is 5.99. The molecule has 0 radical (unpaired) electrons. The molecule has 18 heavy (non-hydrogen) atoms. The SMILES string of the molecule is CCNC(c1ccccc1)C1(OC)CCCCC1. The third kappa shape index (κ3) is 2.76. The third-order valence-corrected chi connectivity index (χ3v) is 4.17. The van der Waals surface area contributed by atoms with Gasteiger partial charge in [-0.1, -0.05) is 56.5 Å². The van der Waals surface area contributed by atoms with Crippen LogP contribution in [0.5, 0.6) is 0 Å². The van der Waals surface area contributed by atoms with Crippen LogP contribution in [0.3, 0.4) is 0 Å². The highest BCUT2D eigenvalue weighted by molar-refractivity contribution is 5.23. The lowest BCUT2D eigenvalue weighted by Crippen LogP contribution is -2.47. The summed E-state index contributed by atoms with van der Waals surface area (Å²) in [7, 11) is 1.87. The van der Waals surface area contributed by atoms with Crippen LogP contribution in [0.4, 0.5) is 0 Å². The number of rotatable bonds is 5. The standard InChI is InChI=1S/C16H25NO/c1-3-17-15(14-10-6-4-7-11-14)16(18-2)12-8-5-9-13-16/h4,6-7,10-11,15,17H,3,5,8-9,12-13H2,1-2H3. The van der Waals surface area contributed by atoms with Gasteiger partial charge in [-0.3, -0.25) is 0 Å². The highest BCUT2D eigenvalue weighted by atomic mass is 16.5. The van der Waals surface area contributed by atoms with Gasteiger partial charge in [-0.15, -0.1) is 0 Å². The number of hydrogen-bond acceptors (Lipinski definition) is 2. The minimum Gasteiger partial charge on any atom is -0.376 e. The molecule has 1 aliphatic rings. The van der Waals surface area contributed by atoms with Crippen molar-refractivity contribution in [2.75, 3.05) is 13.7 Å². The van der Waals surface area contributed by atoms with Crippen molar-refractivity contribution < 1.29 is 4.74 Å². The second kappa shape index (κ2) is 6.35. The summed E-state index contributed by atoms with van der Waals surface area (Å²) in [5.41, 5.74) is 1.33. The average Bonchev–Trinajstić information content (AvgIpc) is 2.46. The zero-order chi connectivity index (χ0) is 12.8. The second-order valence-corrected chi connectivity index (χ2v) is 5.23. The molecule has 2 rings (SSSR count). The Hall–Kier alpha value is -0.860. The molecule has 1 N–H and O–H groups in total. The van der Waals surface area contributed by atoms with Gasteiger partial charge >= 0.3 is 0 Å². The second-order valence-electron chi connectivity index (χ2n) is 5.23. The van der Waals surface area contributed by atoms with Gasteiger partial charge in [0.2, 0.25) is 0 Å². The van der Waals surface area contributed by atoms with E-state index in [0.717, 1.165) is 19.4 Å². The summed E-state index contributed by atoms with van der Waals surface area (Å²) < 4.78 is 5.99. The van der Waals surface area contributed by atoms with Gasteiger partial charge in [-0.25, -0.2) is 0 Å². The van der Waals surface area contributed by atoms with Crippen LogP contribution < -0.4 is 5.32 Å². The lowest BCUT2D eigenvalue weighted by Gasteiger charge is -2.43.